The van der Waals surface area contributed by atoms with Crippen LogP contribution in [0.4, 0.5) is 8.78 Å². The van der Waals surface area contributed by atoms with Crippen LogP contribution in [0.3, 0.4) is 0 Å². The van der Waals surface area contributed by atoms with Gasteiger partial charge in [-0.3, -0.25) is 0 Å². The third kappa shape index (κ3) is 2.55. The van der Waals surface area contributed by atoms with E-state index in [0.717, 1.165) is 6.07 Å². The minimum atomic E-state index is -0.846. The number of allylic oxidation sites excluding steroid dienone is 1. The second-order valence-electron chi connectivity index (χ2n) is 5.41. The van der Waals surface area contributed by atoms with Crippen LogP contribution in [0.5, 0.6) is 0 Å². The summed E-state index contributed by atoms with van der Waals surface area (Å²) in [5.41, 5.74) is 0.852. The zero-order chi connectivity index (χ0) is 12.6. The molecule has 1 aliphatic carbocycles. The standard InChI is InChI=1S/C14H16F2O/c1-14(2)7-9(6-10(17)8-14)11-4-3-5-12(15)13(11)16/h3-6,10,17H,7-8H2,1-2H3. The van der Waals surface area contributed by atoms with Gasteiger partial charge in [-0.2, -0.15) is 0 Å². The van der Waals surface area contributed by atoms with Crippen molar-refractivity contribution in [2.24, 2.45) is 5.41 Å². The minimum absolute atomic E-state index is 0.0950. The first-order chi connectivity index (χ1) is 7.89. The quantitative estimate of drug-likeness (QED) is 0.793. The van der Waals surface area contributed by atoms with Crippen LogP contribution in [0.2, 0.25) is 0 Å². The lowest BCUT2D eigenvalue weighted by atomic mass is 9.74. The van der Waals surface area contributed by atoms with Gasteiger partial charge in [-0.25, -0.2) is 8.78 Å². The maximum absolute atomic E-state index is 13.7. The summed E-state index contributed by atoms with van der Waals surface area (Å²) in [6.45, 7) is 4.03. The highest BCUT2D eigenvalue weighted by Crippen LogP contribution is 2.40. The van der Waals surface area contributed by atoms with E-state index < -0.39 is 17.7 Å². The van der Waals surface area contributed by atoms with E-state index in [4.69, 9.17) is 0 Å². The van der Waals surface area contributed by atoms with E-state index in [1.54, 1.807) is 12.1 Å². The van der Waals surface area contributed by atoms with E-state index in [0.29, 0.717) is 18.4 Å². The van der Waals surface area contributed by atoms with E-state index in [-0.39, 0.29) is 11.0 Å². The molecule has 92 valence electrons. The summed E-state index contributed by atoms with van der Waals surface area (Å²) in [4.78, 5) is 0. The number of aliphatic hydroxyl groups is 1. The van der Waals surface area contributed by atoms with Crippen molar-refractivity contribution in [2.75, 3.05) is 0 Å². The van der Waals surface area contributed by atoms with Crippen molar-refractivity contribution in [3.63, 3.8) is 0 Å². The number of hydrogen-bond donors (Lipinski definition) is 1. The SMILES string of the molecule is CC1(C)CC(c2cccc(F)c2F)=CC(O)C1. The zero-order valence-electron chi connectivity index (χ0n) is 10.0. The maximum atomic E-state index is 13.7. The predicted octanol–water partition coefficient (Wildman–Crippen LogP) is 3.53. The molecule has 1 aromatic rings. The van der Waals surface area contributed by atoms with Gasteiger partial charge < -0.3 is 5.11 Å². The number of aliphatic hydroxyl groups excluding tert-OH is 1. The molecule has 0 radical (unpaired) electrons. The van der Waals surface area contributed by atoms with E-state index in [1.807, 2.05) is 13.8 Å². The molecule has 17 heavy (non-hydrogen) atoms. The molecule has 0 aliphatic heterocycles. The fourth-order valence-corrected chi connectivity index (χ4v) is 2.44. The summed E-state index contributed by atoms with van der Waals surface area (Å²) >= 11 is 0. The lowest BCUT2D eigenvalue weighted by Crippen LogP contribution is -2.24. The topological polar surface area (TPSA) is 20.2 Å². The molecule has 1 unspecified atom stereocenters. The number of hydrogen-bond acceptors (Lipinski definition) is 1. The van der Waals surface area contributed by atoms with Gasteiger partial charge >= 0.3 is 0 Å². The highest BCUT2D eigenvalue weighted by atomic mass is 19.2. The second-order valence-corrected chi connectivity index (χ2v) is 5.41. The third-order valence-electron chi connectivity index (χ3n) is 3.12. The van der Waals surface area contributed by atoms with Gasteiger partial charge in [0.15, 0.2) is 11.6 Å². The summed E-state index contributed by atoms with van der Waals surface area (Å²) in [6, 6.07) is 4.14. The van der Waals surface area contributed by atoms with E-state index in [9.17, 15) is 13.9 Å². The minimum Gasteiger partial charge on any atom is -0.389 e. The fraction of sp³-hybridized carbons (Fsp3) is 0.429. The molecule has 0 fully saturated rings. The highest BCUT2D eigenvalue weighted by molar-refractivity contribution is 5.68. The van der Waals surface area contributed by atoms with Crippen molar-refractivity contribution in [3.8, 4) is 0 Å². The van der Waals surface area contributed by atoms with E-state index >= 15 is 0 Å². The molecule has 0 amide bonds. The fourth-order valence-electron chi connectivity index (χ4n) is 2.44. The van der Waals surface area contributed by atoms with Crippen molar-refractivity contribution in [2.45, 2.75) is 32.8 Å². The van der Waals surface area contributed by atoms with Gasteiger partial charge in [0.05, 0.1) is 6.10 Å². The van der Waals surface area contributed by atoms with Crippen LogP contribution in [0.1, 0.15) is 32.3 Å². The predicted molar refractivity (Wildman–Crippen MR) is 63.4 cm³/mol. The lowest BCUT2D eigenvalue weighted by Gasteiger charge is -2.32. The first kappa shape index (κ1) is 12.2. The molecule has 3 heteroatoms. The lowest BCUT2D eigenvalue weighted by molar-refractivity contribution is 0.146. The Balaban J connectivity index is 2.43. The Morgan fingerprint density at radius 2 is 2.00 bits per heavy atom. The van der Waals surface area contributed by atoms with Gasteiger partial charge in [-0.1, -0.05) is 32.1 Å². The van der Waals surface area contributed by atoms with E-state index in [1.165, 1.54) is 6.07 Å². The summed E-state index contributed by atoms with van der Waals surface area (Å²) in [5.74, 6) is -1.68. The summed E-state index contributed by atoms with van der Waals surface area (Å²) < 4.78 is 26.8. The molecule has 1 aromatic carbocycles. The van der Waals surface area contributed by atoms with Gasteiger partial charge in [0.1, 0.15) is 0 Å². The maximum Gasteiger partial charge on any atom is 0.166 e. The van der Waals surface area contributed by atoms with Crippen molar-refractivity contribution >= 4 is 5.57 Å². The monoisotopic (exact) mass is 238 g/mol. The Labute approximate surface area is 99.8 Å². The molecule has 1 aliphatic rings. The average Bonchev–Trinajstić information content (AvgIpc) is 2.19. The molecule has 0 saturated carbocycles. The Hall–Kier alpha value is -1.22. The van der Waals surface area contributed by atoms with Gasteiger partial charge in [0, 0.05) is 5.56 Å². The Bertz CT molecular complexity index is 463. The van der Waals surface area contributed by atoms with Crippen molar-refractivity contribution in [3.05, 3.63) is 41.5 Å². The van der Waals surface area contributed by atoms with Crippen LogP contribution in [0.25, 0.3) is 5.57 Å². The van der Waals surface area contributed by atoms with E-state index in [2.05, 4.69) is 0 Å². The van der Waals surface area contributed by atoms with Crippen molar-refractivity contribution in [1.29, 1.82) is 0 Å². The smallest absolute Gasteiger partial charge is 0.166 e. The normalized spacial score (nSPS) is 23.4. The molecule has 1 atom stereocenters. The molecule has 0 bridgehead atoms. The average molecular weight is 238 g/mol. The highest BCUT2D eigenvalue weighted by Gasteiger charge is 2.29. The molecular formula is C14H16F2O. The van der Waals surface area contributed by atoms with Gasteiger partial charge in [0.25, 0.3) is 0 Å². The number of rotatable bonds is 1. The molecule has 0 saturated heterocycles. The number of benzene rings is 1. The molecule has 0 heterocycles. The molecule has 0 spiro atoms. The van der Waals surface area contributed by atoms with Crippen LogP contribution >= 0.6 is 0 Å². The van der Waals surface area contributed by atoms with Crippen LogP contribution < -0.4 is 0 Å². The second kappa shape index (κ2) is 4.22. The Morgan fingerprint density at radius 3 is 2.65 bits per heavy atom. The summed E-state index contributed by atoms with van der Waals surface area (Å²) in [7, 11) is 0. The van der Waals surface area contributed by atoms with Crippen LogP contribution in [-0.2, 0) is 0 Å². The first-order valence-corrected chi connectivity index (χ1v) is 5.72. The Kier molecular flexibility index (Phi) is 3.04. The molecule has 0 aromatic heterocycles. The zero-order valence-corrected chi connectivity index (χ0v) is 10.0. The van der Waals surface area contributed by atoms with Crippen LogP contribution in [0.15, 0.2) is 24.3 Å². The number of halogens is 2. The first-order valence-electron chi connectivity index (χ1n) is 5.72. The molecular weight excluding hydrogens is 222 g/mol. The van der Waals surface area contributed by atoms with Crippen molar-refractivity contribution in [1.82, 2.24) is 0 Å². The summed E-state index contributed by atoms with van der Waals surface area (Å²) in [5, 5.41) is 9.74. The molecule has 1 N–H and O–H groups in total. The van der Waals surface area contributed by atoms with Gasteiger partial charge in [-0.05, 0) is 29.9 Å². The van der Waals surface area contributed by atoms with Crippen LogP contribution in [0, 0.1) is 17.0 Å². The summed E-state index contributed by atoms with van der Waals surface area (Å²) in [6.07, 6.45) is 2.33. The Morgan fingerprint density at radius 1 is 1.29 bits per heavy atom. The molecule has 2 rings (SSSR count). The third-order valence-corrected chi connectivity index (χ3v) is 3.12. The largest absolute Gasteiger partial charge is 0.389 e. The van der Waals surface area contributed by atoms with Gasteiger partial charge in [0.2, 0.25) is 0 Å². The van der Waals surface area contributed by atoms with Crippen LogP contribution in [-0.4, -0.2) is 11.2 Å². The molecule has 1 nitrogen and oxygen atoms in total. The van der Waals surface area contributed by atoms with Crippen molar-refractivity contribution < 1.29 is 13.9 Å². The van der Waals surface area contributed by atoms with Gasteiger partial charge in [-0.15, -0.1) is 0 Å².